The molecular formula is C12H9F7O4S. The first-order chi connectivity index (χ1) is 10.6. The predicted molar refractivity (Wildman–Crippen MR) is 65.8 cm³/mol. The Morgan fingerprint density at radius 2 is 1.46 bits per heavy atom. The van der Waals surface area contributed by atoms with E-state index in [1.54, 1.807) is 0 Å². The second-order valence-corrected chi connectivity index (χ2v) is 6.61. The minimum absolute atomic E-state index is 0.0297. The van der Waals surface area contributed by atoms with Crippen LogP contribution in [0.4, 0.5) is 30.7 Å². The van der Waals surface area contributed by atoms with E-state index in [-0.39, 0.29) is 12.1 Å². The lowest BCUT2D eigenvalue weighted by Gasteiger charge is -2.30. The lowest BCUT2D eigenvalue weighted by molar-refractivity contribution is -0.348. The molecule has 0 aliphatic carbocycles. The zero-order chi connectivity index (χ0) is 19.1. The van der Waals surface area contributed by atoms with Crippen LogP contribution in [0.3, 0.4) is 0 Å². The fourth-order valence-corrected chi connectivity index (χ4v) is 2.70. The molecule has 0 bridgehead atoms. The summed E-state index contributed by atoms with van der Waals surface area (Å²) in [4.78, 5) is 10.2. The molecule has 1 rings (SSSR count). The number of hydrogen-bond acceptors (Lipinski definition) is 4. The molecule has 0 unspecified atom stereocenters. The third-order valence-corrected chi connectivity index (χ3v) is 4.10. The predicted octanol–water partition coefficient (Wildman–Crippen LogP) is 3.17. The van der Waals surface area contributed by atoms with Crippen LogP contribution in [-0.2, 0) is 20.2 Å². The molecule has 0 heterocycles. The number of halogens is 7. The molecule has 0 aromatic heterocycles. The number of alkyl halides is 7. The van der Waals surface area contributed by atoms with Crippen LogP contribution in [0.1, 0.15) is 15.9 Å². The maximum atomic E-state index is 14.0. The highest BCUT2D eigenvalue weighted by Crippen LogP contribution is 2.53. The van der Waals surface area contributed by atoms with Crippen molar-refractivity contribution in [2.45, 2.75) is 22.9 Å². The van der Waals surface area contributed by atoms with Crippen LogP contribution in [0.2, 0.25) is 0 Å². The van der Waals surface area contributed by atoms with Crippen molar-refractivity contribution in [1.29, 1.82) is 0 Å². The van der Waals surface area contributed by atoms with Crippen molar-refractivity contribution in [3.8, 4) is 0 Å². The van der Waals surface area contributed by atoms with E-state index in [4.69, 9.17) is 0 Å². The van der Waals surface area contributed by atoms with E-state index in [1.165, 1.54) is 0 Å². The summed E-state index contributed by atoms with van der Waals surface area (Å²) in [6, 6.07) is 0.174. The van der Waals surface area contributed by atoms with Gasteiger partial charge in [0.15, 0.2) is 9.84 Å². The second kappa shape index (κ2) is 5.90. The summed E-state index contributed by atoms with van der Waals surface area (Å²) in [5.74, 6) is -1.33. The first kappa shape index (κ1) is 20.2. The van der Waals surface area contributed by atoms with Crippen molar-refractivity contribution >= 4 is 15.8 Å². The summed E-state index contributed by atoms with van der Waals surface area (Å²) in [6.07, 6.45) is -12.4. The Morgan fingerprint density at radius 1 is 1.00 bits per heavy atom. The third kappa shape index (κ3) is 3.32. The van der Waals surface area contributed by atoms with Crippen LogP contribution in [0, 0.1) is 0 Å². The number of carbonyl (C=O) groups excluding carboxylic acids is 1. The minimum atomic E-state index is -6.41. The molecule has 0 atom stereocenters. The molecule has 0 spiro atoms. The van der Waals surface area contributed by atoms with E-state index in [9.17, 15) is 43.9 Å². The van der Waals surface area contributed by atoms with Crippen molar-refractivity contribution < 1.29 is 48.7 Å². The molecule has 136 valence electrons. The molecule has 0 fully saturated rings. The first-order valence-electron chi connectivity index (χ1n) is 5.82. The van der Waals surface area contributed by atoms with Gasteiger partial charge in [-0.2, -0.15) is 26.3 Å². The van der Waals surface area contributed by atoms with Crippen LogP contribution in [0.25, 0.3) is 0 Å². The van der Waals surface area contributed by atoms with E-state index in [2.05, 4.69) is 4.74 Å². The van der Waals surface area contributed by atoms with Crippen molar-refractivity contribution in [3.05, 3.63) is 29.3 Å². The SMILES string of the molecule is COC(=O)c1ccc(C(F)(C(F)(F)F)C(F)(F)F)cc1S(C)(=O)=O. The molecule has 0 saturated heterocycles. The van der Waals surface area contributed by atoms with Crippen molar-refractivity contribution in [3.63, 3.8) is 0 Å². The Labute approximate surface area is 131 Å². The molecule has 0 aliphatic rings. The highest BCUT2D eigenvalue weighted by molar-refractivity contribution is 7.90. The van der Waals surface area contributed by atoms with E-state index in [0.29, 0.717) is 12.3 Å². The number of carbonyl (C=O) groups is 1. The zero-order valence-corrected chi connectivity index (χ0v) is 12.7. The summed E-state index contributed by atoms with van der Waals surface area (Å²) in [5.41, 5.74) is -8.65. The van der Waals surface area contributed by atoms with Gasteiger partial charge in [-0.05, 0) is 12.1 Å². The maximum Gasteiger partial charge on any atom is 0.435 e. The van der Waals surface area contributed by atoms with Gasteiger partial charge in [0, 0.05) is 11.8 Å². The van der Waals surface area contributed by atoms with Crippen LogP contribution in [0.15, 0.2) is 23.1 Å². The summed E-state index contributed by atoms with van der Waals surface area (Å²) in [5, 5.41) is 0. The maximum absolute atomic E-state index is 14.0. The largest absolute Gasteiger partial charge is 0.465 e. The third-order valence-electron chi connectivity index (χ3n) is 2.97. The van der Waals surface area contributed by atoms with Crippen LogP contribution < -0.4 is 0 Å². The van der Waals surface area contributed by atoms with Gasteiger partial charge in [-0.1, -0.05) is 6.07 Å². The number of sulfone groups is 1. The highest BCUT2D eigenvalue weighted by Gasteiger charge is 2.73. The van der Waals surface area contributed by atoms with E-state index in [0.717, 1.165) is 7.11 Å². The van der Waals surface area contributed by atoms with Crippen molar-refractivity contribution in [1.82, 2.24) is 0 Å². The van der Waals surface area contributed by atoms with Crippen LogP contribution in [0.5, 0.6) is 0 Å². The molecule has 24 heavy (non-hydrogen) atoms. The van der Waals surface area contributed by atoms with Gasteiger partial charge in [0.2, 0.25) is 0 Å². The van der Waals surface area contributed by atoms with E-state index >= 15 is 0 Å². The summed E-state index contributed by atoms with van der Waals surface area (Å²) in [7, 11) is -3.65. The number of ether oxygens (including phenoxy) is 1. The van der Waals surface area contributed by atoms with Gasteiger partial charge in [0.05, 0.1) is 17.6 Å². The molecule has 4 nitrogen and oxygen atoms in total. The Kier molecular flexibility index (Phi) is 4.96. The van der Waals surface area contributed by atoms with Gasteiger partial charge in [0.1, 0.15) is 0 Å². The Hall–Kier alpha value is -1.85. The number of hydrogen-bond donors (Lipinski definition) is 0. The van der Waals surface area contributed by atoms with E-state index < -0.39 is 49.9 Å². The topological polar surface area (TPSA) is 60.4 Å². The van der Waals surface area contributed by atoms with Crippen molar-refractivity contribution in [2.24, 2.45) is 0 Å². The fourth-order valence-electron chi connectivity index (χ4n) is 1.81. The van der Waals surface area contributed by atoms with Crippen LogP contribution >= 0.6 is 0 Å². The molecule has 1 aromatic carbocycles. The van der Waals surface area contributed by atoms with Gasteiger partial charge >= 0.3 is 24.0 Å². The Balaban J connectivity index is 3.82. The van der Waals surface area contributed by atoms with Gasteiger partial charge in [-0.15, -0.1) is 0 Å². The summed E-state index contributed by atoms with van der Waals surface area (Å²) >= 11 is 0. The molecule has 1 aromatic rings. The van der Waals surface area contributed by atoms with E-state index in [1.807, 2.05) is 0 Å². The molecule has 0 aliphatic heterocycles. The lowest BCUT2D eigenvalue weighted by atomic mass is 9.93. The smallest absolute Gasteiger partial charge is 0.435 e. The van der Waals surface area contributed by atoms with Gasteiger partial charge in [-0.25, -0.2) is 17.6 Å². The standard InChI is InChI=1S/C12H9F7O4S/c1-23-9(20)7-4-3-6(5-8(7)24(2,21)22)10(13,11(14,15)16)12(17,18)19/h3-5H,1-2H3. The normalized spacial score (nSPS) is 13.7. The second-order valence-electron chi connectivity index (χ2n) is 4.63. The van der Waals surface area contributed by atoms with Gasteiger partial charge in [-0.3, -0.25) is 0 Å². The molecule has 0 N–H and O–H groups in total. The fraction of sp³-hybridized carbons (Fsp3) is 0.417. The Bertz CT molecular complexity index is 736. The molecule has 12 heteroatoms. The molecule has 0 saturated carbocycles. The quantitative estimate of drug-likeness (QED) is 0.595. The van der Waals surface area contributed by atoms with Gasteiger partial charge < -0.3 is 4.74 Å². The summed E-state index contributed by atoms with van der Waals surface area (Å²) in [6.45, 7) is 0. The van der Waals surface area contributed by atoms with Gasteiger partial charge in [0.25, 0.3) is 0 Å². The number of rotatable bonds is 3. The number of esters is 1. The number of benzene rings is 1. The first-order valence-corrected chi connectivity index (χ1v) is 7.71. The molecule has 0 amide bonds. The van der Waals surface area contributed by atoms with Crippen LogP contribution in [-0.4, -0.2) is 40.1 Å². The average molecular weight is 382 g/mol. The average Bonchev–Trinajstić information content (AvgIpc) is 2.41. The molecule has 0 radical (unpaired) electrons. The lowest BCUT2D eigenvalue weighted by Crippen LogP contribution is -2.50. The zero-order valence-electron chi connectivity index (χ0n) is 11.9. The van der Waals surface area contributed by atoms with Crippen molar-refractivity contribution in [2.75, 3.05) is 13.4 Å². The highest BCUT2D eigenvalue weighted by atomic mass is 32.2. The Morgan fingerprint density at radius 3 is 1.79 bits per heavy atom. The molecular weight excluding hydrogens is 373 g/mol. The minimum Gasteiger partial charge on any atom is -0.465 e. The monoisotopic (exact) mass is 382 g/mol. The summed E-state index contributed by atoms with van der Waals surface area (Å²) < 4.78 is 117. The number of methoxy groups -OCH3 is 1.